The first-order valence-electron chi connectivity index (χ1n) is 6.53. The summed E-state index contributed by atoms with van der Waals surface area (Å²) in [4.78, 5) is 8.58. The number of ether oxygens (including phenoxy) is 1. The zero-order chi connectivity index (χ0) is 13.9. The van der Waals surface area contributed by atoms with E-state index in [-0.39, 0.29) is 5.60 Å². The van der Waals surface area contributed by atoms with Crippen LogP contribution in [-0.2, 0) is 4.74 Å². The molecular formula is C15H21N3O. The fraction of sp³-hybridized carbons (Fsp3) is 0.467. The zero-order valence-electron chi connectivity index (χ0n) is 12.0. The number of nitrogens with zero attached hydrogens (tertiary/aromatic N) is 2. The van der Waals surface area contributed by atoms with Gasteiger partial charge >= 0.3 is 0 Å². The predicted molar refractivity (Wildman–Crippen MR) is 78.3 cm³/mol. The summed E-state index contributed by atoms with van der Waals surface area (Å²) in [7, 11) is 1.75. The lowest BCUT2D eigenvalue weighted by Crippen LogP contribution is -2.31. The van der Waals surface area contributed by atoms with E-state index in [0.29, 0.717) is 6.04 Å². The molecule has 0 saturated heterocycles. The van der Waals surface area contributed by atoms with Gasteiger partial charge in [-0.25, -0.2) is 0 Å². The first-order valence-corrected chi connectivity index (χ1v) is 6.53. The largest absolute Gasteiger partial charge is 0.382 e. The highest BCUT2D eigenvalue weighted by Gasteiger charge is 2.20. The molecule has 2 rings (SSSR count). The van der Waals surface area contributed by atoms with Gasteiger partial charge in [0.05, 0.1) is 16.6 Å². The number of methoxy groups -OCH3 is 1. The van der Waals surface area contributed by atoms with Gasteiger partial charge in [0, 0.05) is 31.2 Å². The third kappa shape index (κ3) is 3.64. The highest BCUT2D eigenvalue weighted by molar-refractivity contribution is 5.78. The third-order valence-electron chi connectivity index (χ3n) is 3.23. The van der Waals surface area contributed by atoms with Gasteiger partial charge < -0.3 is 10.1 Å². The molecular weight excluding hydrogens is 238 g/mol. The fourth-order valence-electron chi connectivity index (χ4n) is 2.21. The molecule has 2 aromatic rings. The van der Waals surface area contributed by atoms with Gasteiger partial charge in [-0.15, -0.1) is 0 Å². The predicted octanol–water partition coefficient (Wildman–Crippen LogP) is 3.25. The molecule has 1 N–H and O–H groups in total. The van der Waals surface area contributed by atoms with Crippen molar-refractivity contribution in [1.29, 1.82) is 0 Å². The van der Waals surface area contributed by atoms with Gasteiger partial charge in [0.1, 0.15) is 0 Å². The van der Waals surface area contributed by atoms with E-state index >= 15 is 0 Å². The molecule has 0 fully saturated rings. The normalized spacial score (nSPS) is 13.5. The lowest BCUT2D eigenvalue weighted by molar-refractivity contribution is 0.0128. The Morgan fingerprint density at radius 3 is 2.58 bits per heavy atom. The van der Waals surface area contributed by atoms with Crippen LogP contribution in [0.3, 0.4) is 0 Å². The summed E-state index contributed by atoms with van der Waals surface area (Å²) in [5.41, 5.74) is 2.76. The molecule has 4 heteroatoms. The van der Waals surface area contributed by atoms with Crippen LogP contribution in [0.5, 0.6) is 0 Å². The van der Waals surface area contributed by atoms with E-state index in [0.717, 1.165) is 23.1 Å². The Morgan fingerprint density at radius 1 is 1.21 bits per heavy atom. The second kappa shape index (κ2) is 5.53. The van der Waals surface area contributed by atoms with Crippen LogP contribution in [0, 0.1) is 0 Å². The van der Waals surface area contributed by atoms with Crippen molar-refractivity contribution in [3.8, 4) is 0 Å². The standard InChI is InChI=1S/C15H21N3O/c1-11(10-15(2,3)19-4)18-12-5-6-13-14(9-12)17-8-7-16-13/h5-9,11,18H,10H2,1-4H3. The SMILES string of the molecule is COC(C)(C)CC(C)Nc1ccc2nccnc2c1. The Bertz CT molecular complexity index is 554. The lowest BCUT2D eigenvalue weighted by atomic mass is 9.99. The van der Waals surface area contributed by atoms with Gasteiger partial charge in [-0.1, -0.05) is 0 Å². The fourth-order valence-corrected chi connectivity index (χ4v) is 2.21. The Kier molecular flexibility index (Phi) is 4.00. The number of anilines is 1. The van der Waals surface area contributed by atoms with Crippen LogP contribution in [0.1, 0.15) is 27.2 Å². The van der Waals surface area contributed by atoms with Gasteiger partial charge in [0.15, 0.2) is 0 Å². The summed E-state index contributed by atoms with van der Waals surface area (Å²) < 4.78 is 5.45. The van der Waals surface area contributed by atoms with E-state index in [1.807, 2.05) is 18.2 Å². The van der Waals surface area contributed by atoms with E-state index < -0.39 is 0 Å². The maximum absolute atomic E-state index is 5.45. The van der Waals surface area contributed by atoms with Crippen molar-refractivity contribution in [1.82, 2.24) is 9.97 Å². The molecule has 19 heavy (non-hydrogen) atoms. The summed E-state index contributed by atoms with van der Waals surface area (Å²) in [5.74, 6) is 0. The Morgan fingerprint density at radius 2 is 1.89 bits per heavy atom. The lowest BCUT2D eigenvalue weighted by Gasteiger charge is -2.27. The van der Waals surface area contributed by atoms with Crippen molar-refractivity contribution in [3.05, 3.63) is 30.6 Å². The Labute approximate surface area is 114 Å². The van der Waals surface area contributed by atoms with Crippen LogP contribution >= 0.6 is 0 Å². The number of hydrogen-bond acceptors (Lipinski definition) is 4. The molecule has 1 atom stereocenters. The van der Waals surface area contributed by atoms with Crippen LogP contribution in [0.25, 0.3) is 11.0 Å². The molecule has 1 heterocycles. The molecule has 0 amide bonds. The summed E-state index contributed by atoms with van der Waals surface area (Å²) in [5, 5.41) is 3.48. The minimum absolute atomic E-state index is 0.122. The van der Waals surface area contributed by atoms with E-state index in [2.05, 4.69) is 36.1 Å². The van der Waals surface area contributed by atoms with Crippen molar-refractivity contribution in [2.75, 3.05) is 12.4 Å². The molecule has 0 bridgehead atoms. The third-order valence-corrected chi connectivity index (χ3v) is 3.23. The zero-order valence-corrected chi connectivity index (χ0v) is 12.0. The minimum atomic E-state index is -0.122. The van der Waals surface area contributed by atoms with Gasteiger partial charge in [-0.05, 0) is 45.4 Å². The van der Waals surface area contributed by atoms with Gasteiger partial charge in [0.25, 0.3) is 0 Å². The van der Waals surface area contributed by atoms with Crippen LogP contribution in [0.15, 0.2) is 30.6 Å². The second-order valence-electron chi connectivity index (χ2n) is 5.47. The van der Waals surface area contributed by atoms with Gasteiger partial charge in [-0.2, -0.15) is 0 Å². The van der Waals surface area contributed by atoms with E-state index in [9.17, 15) is 0 Å². The van der Waals surface area contributed by atoms with Crippen LogP contribution in [-0.4, -0.2) is 28.7 Å². The monoisotopic (exact) mass is 259 g/mol. The molecule has 4 nitrogen and oxygen atoms in total. The number of aromatic nitrogens is 2. The quantitative estimate of drug-likeness (QED) is 0.895. The molecule has 0 aliphatic carbocycles. The maximum Gasteiger partial charge on any atom is 0.0907 e. The van der Waals surface area contributed by atoms with Crippen molar-refractivity contribution in [3.63, 3.8) is 0 Å². The Hall–Kier alpha value is -1.68. The van der Waals surface area contributed by atoms with Gasteiger partial charge in [0.2, 0.25) is 0 Å². The van der Waals surface area contributed by atoms with Crippen molar-refractivity contribution in [2.24, 2.45) is 0 Å². The molecule has 0 radical (unpaired) electrons. The van der Waals surface area contributed by atoms with E-state index in [4.69, 9.17) is 4.74 Å². The van der Waals surface area contributed by atoms with E-state index in [1.165, 1.54) is 0 Å². The van der Waals surface area contributed by atoms with E-state index in [1.54, 1.807) is 19.5 Å². The number of fused-ring (bicyclic) bond motifs is 1. The molecule has 0 aliphatic rings. The smallest absolute Gasteiger partial charge is 0.0907 e. The van der Waals surface area contributed by atoms with Gasteiger partial charge in [-0.3, -0.25) is 9.97 Å². The molecule has 1 aromatic carbocycles. The second-order valence-corrected chi connectivity index (χ2v) is 5.47. The minimum Gasteiger partial charge on any atom is -0.382 e. The summed E-state index contributed by atoms with van der Waals surface area (Å²) in [6.45, 7) is 6.34. The van der Waals surface area contributed by atoms with Crippen molar-refractivity contribution in [2.45, 2.75) is 38.8 Å². The van der Waals surface area contributed by atoms with Crippen LogP contribution in [0.4, 0.5) is 5.69 Å². The molecule has 1 unspecified atom stereocenters. The van der Waals surface area contributed by atoms with Crippen molar-refractivity contribution < 1.29 is 4.74 Å². The maximum atomic E-state index is 5.45. The summed E-state index contributed by atoms with van der Waals surface area (Å²) in [6, 6.07) is 6.37. The average Bonchev–Trinajstić information content (AvgIpc) is 2.38. The number of nitrogens with one attached hydrogen (secondary N) is 1. The molecule has 0 saturated carbocycles. The van der Waals surface area contributed by atoms with Crippen LogP contribution < -0.4 is 5.32 Å². The molecule has 0 spiro atoms. The highest BCUT2D eigenvalue weighted by atomic mass is 16.5. The molecule has 1 aromatic heterocycles. The highest BCUT2D eigenvalue weighted by Crippen LogP contribution is 2.20. The number of rotatable bonds is 5. The molecule has 102 valence electrons. The summed E-state index contributed by atoms with van der Waals surface area (Å²) in [6.07, 6.45) is 4.35. The first kappa shape index (κ1) is 13.7. The van der Waals surface area contributed by atoms with Crippen molar-refractivity contribution >= 4 is 16.7 Å². The number of hydrogen-bond donors (Lipinski definition) is 1. The van der Waals surface area contributed by atoms with Crippen LogP contribution in [0.2, 0.25) is 0 Å². The topological polar surface area (TPSA) is 47.0 Å². The number of benzene rings is 1. The Balaban J connectivity index is 2.08. The molecule has 0 aliphatic heterocycles. The average molecular weight is 259 g/mol. The summed E-state index contributed by atoms with van der Waals surface area (Å²) >= 11 is 0. The first-order chi connectivity index (χ1) is 9.00.